The van der Waals surface area contributed by atoms with Crippen LogP contribution in [0.15, 0.2) is 64.5 Å². The molecule has 2 aromatic carbocycles. The first-order chi connectivity index (χ1) is 13.2. The summed E-state index contributed by atoms with van der Waals surface area (Å²) in [5.74, 6) is 1.73. The third-order valence-electron chi connectivity index (χ3n) is 3.72. The van der Waals surface area contributed by atoms with Crippen LogP contribution in [0.1, 0.15) is 29.8 Å². The van der Waals surface area contributed by atoms with Crippen molar-refractivity contribution >= 4 is 23.6 Å². The predicted octanol–water partition coefficient (Wildman–Crippen LogP) is 3.28. The molecule has 0 aliphatic carbocycles. The number of thioether (sulfide) groups is 1. The fraction of sp³-hybridized carbons (Fsp3) is 0.333. The van der Waals surface area contributed by atoms with Gasteiger partial charge in [0.05, 0.1) is 6.54 Å². The number of hydrogen-bond acceptors (Lipinski definition) is 3. The molecule has 0 unspecified atom stereocenters. The number of hydrogen-bond donors (Lipinski definition) is 3. The van der Waals surface area contributed by atoms with Gasteiger partial charge < -0.3 is 16.0 Å². The fourth-order valence-electron chi connectivity index (χ4n) is 2.39. The second kappa shape index (κ2) is 12.0. The van der Waals surface area contributed by atoms with E-state index in [9.17, 15) is 4.79 Å². The summed E-state index contributed by atoms with van der Waals surface area (Å²) in [7, 11) is 0. The van der Waals surface area contributed by atoms with Gasteiger partial charge in [-0.2, -0.15) is 0 Å². The molecule has 144 valence electrons. The minimum absolute atomic E-state index is 0.0431. The van der Waals surface area contributed by atoms with Gasteiger partial charge in [-0.1, -0.05) is 30.3 Å². The molecule has 0 fully saturated rings. The van der Waals surface area contributed by atoms with Crippen molar-refractivity contribution in [1.29, 1.82) is 0 Å². The van der Waals surface area contributed by atoms with E-state index < -0.39 is 0 Å². The number of amides is 1. The number of benzene rings is 2. The topological polar surface area (TPSA) is 65.5 Å². The zero-order chi connectivity index (χ0) is 19.3. The average molecular weight is 385 g/mol. The van der Waals surface area contributed by atoms with Crippen LogP contribution in [-0.4, -0.2) is 37.3 Å². The highest BCUT2D eigenvalue weighted by Gasteiger charge is 2.03. The highest BCUT2D eigenvalue weighted by molar-refractivity contribution is 7.99. The van der Waals surface area contributed by atoms with Gasteiger partial charge in [0.1, 0.15) is 0 Å². The van der Waals surface area contributed by atoms with E-state index in [2.05, 4.69) is 52.1 Å². The van der Waals surface area contributed by atoms with Gasteiger partial charge in [0.15, 0.2) is 5.96 Å². The first-order valence-electron chi connectivity index (χ1n) is 9.30. The standard InChI is InChI=1S/C21H28N4OS/c1-3-22-20(26)18-12-10-17(11-13-18)16-25-21(23-4-2)24-14-15-27-19-8-6-5-7-9-19/h5-13H,3-4,14-16H2,1-2H3,(H,22,26)(H2,23,24,25). The van der Waals surface area contributed by atoms with Crippen LogP contribution in [0.25, 0.3) is 0 Å². The Hall–Kier alpha value is -2.47. The summed E-state index contributed by atoms with van der Waals surface area (Å²) in [6, 6.07) is 18.0. The molecular weight excluding hydrogens is 356 g/mol. The Morgan fingerprint density at radius 3 is 2.30 bits per heavy atom. The number of guanidine groups is 1. The SMILES string of the molecule is CCNC(=O)c1ccc(CN=C(NCC)NCCSc2ccccc2)cc1. The van der Waals surface area contributed by atoms with Gasteiger partial charge in [0.2, 0.25) is 0 Å². The normalized spacial score (nSPS) is 11.1. The summed E-state index contributed by atoms with van der Waals surface area (Å²) in [6.07, 6.45) is 0. The van der Waals surface area contributed by atoms with Crippen molar-refractivity contribution in [2.75, 3.05) is 25.4 Å². The number of nitrogens with zero attached hydrogens (tertiary/aromatic N) is 1. The van der Waals surface area contributed by atoms with Crippen LogP contribution in [0.5, 0.6) is 0 Å². The highest BCUT2D eigenvalue weighted by Crippen LogP contribution is 2.15. The fourth-order valence-corrected chi connectivity index (χ4v) is 3.18. The number of aliphatic imine (C=N–C) groups is 1. The van der Waals surface area contributed by atoms with Gasteiger partial charge >= 0.3 is 0 Å². The Morgan fingerprint density at radius 1 is 0.926 bits per heavy atom. The minimum atomic E-state index is -0.0431. The third-order valence-corrected chi connectivity index (χ3v) is 4.74. The third kappa shape index (κ3) is 7.74. The summed E-state index contributed by atoms with van der Waals surface area (Å²) in [5.41, 5.74) is 1.74. The van der Waals surface area contributed by atoms with Crippen molar-refractivity contribution < 1.29 is 4.79 Å². The number of nitrogens with one attached hydrogen (secondary N) is 3. The minimum Gasteiger partial charge on any atom is -0.357 e. The molecule has 5 nitrogen and oxygen atoms in total. The van der Waals surface area contributed by atoms with Gasteiger partial charge in [-0.05, 0) is 43.7 Å². The lowest BCUT2D eigenvalue weighted by Crippen LogP contribution is -2.38. The van der Waals surface area contributed by atoms with Crippen LogP contribution in [0.3, 0.4) is 0 Å². The molecule has 27 heavy (non-hydrogen) atoms. The van der Waals surface area contributed by atoms with Gasteiger partial charge in [0.25, 0.3) is 5.91 Å². The first-order valence-corrected chi connectivity index (χ1v) is 10.3. The zero-order valence-corrected chi connectivity index (χ0v) is 16.8. The number of rotatable bonds is 9. The van der Waals surface area contributed by atoms with Crippen LogP contribution in [0.4, 0.5) is 0 Å². The molecular formula is C21H28N4OS. The average Bonchev–Trinajstić information content (AvgIpc) is 2.70. The molecule has 0 saturated heterocycles. The van der Waals surface area contributed by atoms with E-state index in [1.54, 1.807) is 0 Å². The highest BCUT2D eigenvalue weighted by atomic mass is 32.2. The largest absolute Gasteiger partial charge is 0.357 e. The Kier molecular flexibility index (Phi) is 9.27. The Balaban J connectivity index is 1.82. The maximum Gasteiger partial charge on any atom is 0.251 e. The summed E-state index contributed by atoms with van der Waals surface area (Å²) in [4.78, 5) is 17.7. The molecule has 0 heterocycles. The van der Waals surface area contributed by atoms with E-state index in [-0.39, 0.29) is 5.91 Å². The van der Waals surface area contributed by atoms with Gasteiger partial charge in [-0.25, -0.2) is 4.99 Å². The summed E-state index contributed by atoms with van der Waals surface area (Å²) in [6.45, 7) is 6.81. The molecule has 2 rings (SSSR count). The van der Waals surface area contributed by atoms with Crippen molar-refractivity contribution in [2.45, 2.75) is 25.3 Å². The molecule has 3 N–H and O–H groups in total. The maximum absolute atomic E-state index is 11.8. The smallest absolute Gasteiger partial charge is 0.251 e. The molecule has 0 spiro atoms. The summed E-state index contributed by atoms with van der Waals surface area (Å²) in [5, 5.41) is 9.43. The van der Waals surface area contributed by atoms with Crippen molar-refractivity contribution in [3.05, 3.63) is 65.7 Å². The predicted molar refractivity (Wildman–Crippen MR) is 114 cm³/mol. The Labute approximate surface area is 166 Å². The zero-order valence-electron chi connectivity index (χ0n) is 16.0. The Morgan fingerprint density at radius 2 is 1.63 bits per heavy atom. The second-order valence-corrected chi connectivity index (χ2v) is 7.01. The molecule has 0 atom stereocenters. The molecule has 0 bridgehead atoms. The molecule has 2 aromatic rings. The van der Waals surface area contributed by atoms with E-state index in [1.807, 2.05) is 49.0 Å². The van der Waals surface area contributed by atoms with E-state index >= 15 is 0 Å². The van der Waals surface area contributed by atoms with Gasteiger partial charge in [0, 0.05) is 35.8 Å². The molecule has 1 amide bonds. The van der Waals surface area contributed by atoms with Crippen LogP contribution >= 0.6 is 11.8 Å². The molecule has 0 aliphatic rings. The Bertz CT molecular complexity index is 717. The van der Waals surface area contributed by atoms with E-state index in [0.717, 1.165) is 30.4 Å². The maximum atomic E-state index is 11.8. The van der Waals surface area contributed by atoms with Crippen molar-refractivity contribution in [2.24, 2.45) is 4.99 Å². The van der Waals surface area contributed by atoms with Gasteiger partial charge in [-0.15, -0.1) is 11.8 Å². The lowest BCUT2D eigenvalue weighted by Gasteiger charge is -2.11. The number of carbonyl (C=O) groups is 1. The lowest BCUT2D eigenvalue weighted by atomic mass is 10.1. The van der Waals surface area contributed by atoms with E-state index in [0.29, 0.717) is 18.7 Å². The van der Waals surface area contributed by atoms with E-state index in [4.69, 9.17) is 0 Å². The first kappa shape index (κ1) is 20.8. The molecule has 0 saturated carbocycles. The molecule has 0 aliphatic heterocycles. The monoisotopic (exact) mass is 384 g/mol. The van der Waals surface area contributed by atoms with Crippen molar-refractivity contribution in [3.8, 4) is 0 Å². The van der Waals surface area contributed by atoms with Crippen LogP contribution in [0, 0.1) is 0 Å². The quantitative estimate of drug-likeness (QED) is 0.269. The van der Waals surface area contributed by atoms with E-state index in [1.165, 1.54) is 4.90 Å². The summed E-state index contributed by atoms with van der Waals surface area (Å²) >= 11 is 1.82. The second-order valence-electron chi connectivity index (χ2n) is 5.84. The van der Waals surface area contributed by atoms with Crippen LogP contribution in [-0.2, 0) is 6.54 Å². The molecule has 0 aromatic heterocycles. The number of carbonyl (C=O) groups excluding carboxylic acids is 1. The van der Waals surface area contributed by atoms with Crippen molar-refractivity contribution in [1.82, 2.24) is 16.0 Å². The van der Waals surface area contributed by atoms with Crippen molar-refractivity contribution in [3.63, 3.8) is 0 Å². The summed E-state index contributed by atoms with van der Waals surface area (Å²) < 4.78 is 0. The van der Waals surface area contributed by atoms with Gasteiger partial charge in [-0.3, -0.25) is 4.79 Å². The molecule has 0 radical (unpaired) electrons. The van der Waals surface area contributed by atoms with Crippen LogP contribution in [0.2, 0.25) is 0 Å². The van der Waals surface area contributed by atoms with Crippen LogP contribution < -0.4 is 16.0 Å². The lowest BCUT2D eigenvalue weighted by molar-refractivity contribution is 0.0956. The molecule has 6 heteroatoms.